The number of carbonyl (C=O) groups excluding carboxylic acids is 2. The van der Waals surface area contributed by atoms with Crippen LogP contribution in [0.25, 0.3) is 0 Å². The Bertz CT molecular complexity index is 675. The third-order valence-corrected chi connectivity index (χ3v) is 7.50. The predicted octanol–water partition coefficient (Wildman–Crippen LogP) is 5.91. The van der Waals surface area contributed by atoms with Crippen molar-refractivity contribution >= 4 is 22.3 Å². The van der Waals surface area contributed by atoms with Gasteiger partial charge >= 0.3 is 22.3 Å². The molecule has 41 heavy (non-hydrogen) atoms. The minimum Gasteiger partial charge on any atom is -0.463 e. The van der Waals surface area contributed by atoms with Crippen LogP contribution in [0.3, 0.4) is 0 Å². The molecule has 0 saturated carbocycles. The van der Waals surface area contributed by atoms with E-state index < -0.39 is 61.0 Å². The molecule has 2 atom stereocenters. The topological polar surface area (TPSA) is 146 Å². The summed E-state index contributed by atoms with van der Waals surface area (Å²) in [4.78, 5) is 23.6. The van der Waals surface area contributed by atoms with E-state index in [1.54, 1.807) is 0 Å². The third kappa shape index (κ3) is 28.6. The molecule has 10 nitrogen and oxygen atoms in total. The van der Waals surface area contributed by atoms with Gasteiger partial charge in [-0.3, -0.25) is 9.59 Å². The van der Waals surface area contributed by atoms with Crippen molar-refractivity contribution in [3.05, 3.63) is 0 Å². The minimum atomic E-state index is -4.51. The Morgan fingerprint density at radius 3 is 1.12 bits per heavy atom. The Morgan fingerprint density at radius 2 is 0.805 bits per heavy atom. The van der Waals surface area contributed by atoms with Crippen LogP contribution >= 0.6 is 0 Å². The number of esters is 2. The van der Waals surface area contributed by atoms with Gasteiger partial charge in [-0.2, -0.15) is 8.42 Å². The molecule has 0 aromatic carbocycles. The number of hydrogen-bond acceptors (Lipinski definition) is 10. The number of aliphatic hydroxyl groups is 2. The molecule has 0 fully saturated rings. The lowest BCUT2D eigenvalue weighted by atomic mass is 10.1. The largest absolute Gasteiger partial charge is 0.463 e. The second-order valence-electron chi connectivity index (χ2n) is 10.8. The van der Waals surface area contributed by atoms with Crippen molar-refractivity contribution in [3.8, 4) is 0 Å². The molecule has 0 saturated heterocycles. The van der Waals surface area contributed by atoms with Gasteiger partial charge in [-0.1, -0.05) is 117 Å². The van der Waals surface area contributed by atoms with Crippen LogP contribution in [0.2, 0.25) is 0 Å². The zero-order chi connectivity index (χ0) is 30.6. The molecule has 11 heteroatoms. The molecular formula is C30H58O10S. The Kier molecular flexibility index (Phi) is 26.7. The fourth-order valence-electron chi connectivity index (χ4n) is 4.14. The highest BCUT2D eigenvalue weighted by Gasteiger charge is 2.19. The lowest BCUT2D eigenvalue weighted by Crippen LogP contribution is -2.29. The van der Waals surface area contributed by atoms with E-state index in [2.05, 4.69) is 22.2 Å². The summed E-state index contributed by atoms with van der Waals surface area (Å²) in [5.74, 6) is -0.914. The monoisotopic (exact) mass is 610 g/mol. The van der Waals surface area contributed by atoms with Crippen molar-refractivity contribution in [2.45, 2.75) is 154 Å². The predicted molar refractivity (Wildman–Crippen MR) is 158 cm³/mol. The Balaban J connectivity index is 3.79. The lowest BCUT2D eigenvalue weighted by molar-refractivity contribution is -0.147. The lowest BCUT2D eigenvalue weighted by Gasteiger charge is -2.14. The summed E-state index contributed by atoms with van der Waals surface area (Å²) >= 11 is 0. The molecular weight excluding hydrogens is 552 g/mol. The van der Waals surface area contributed by atoms with Crippen molar-refractivity contribution in [2.75, 3.05) is 26.4 Å². The second-order valence-corrected chi connectivity index (χ2v) is 12.1. The van der Waals surface area contributed by atoms with Crippen molar-refractivity contribution in [3.63, 3.8) is 0 Å². The molecule has 0 rings (SSSR count). The maximum atomic E-state index is 11.8. The van der Waals surface area contributed by atoms with Crippen molar-refractivity contribution in [2.24, 2.45) is 0 Å². The van der Waals surface area contributed by atoms with Crippen LogP contribution in [0.1, 0.15) is 142 Å². The molecule has 244 valence electrons. The first kappa shape index (κ1) is 39.7. The van der Waals surface area contributed by atoms with Crippen molar-refractivity contribution in [1.29, 1.82) is 0 Å². The molecule has 0 aromatic rings. The summed E-state index contributed by atoms with van der Waals surface area (Å²) in [5, 5.41) is 19.7. The van der Waals surface area contributed by atoms with E-state index in [4.69, 9.17) is 9.47 Å². The van der Waals surface area contributed by atoms with Crippen LogP contribution < -0.4 is 0 Å². The minimum absolute atomic E-state index is 0.243. The van der Waals surface area contributed by atoms with Gasteiger partial charge in [0.2, 0.25) is 0 Å². The fraction of sp³-hybridized carbons (Fsp3) is 0.933. The summed E-state index contributed by atoms with van der Waals surface area (Å²) in [6.07, 6.45) is 18.1. The Hall–Kier alpha value is -1.27. The SMILES string of the molecule is CCCCCCCCCCCC(=O)OCC(O)COS(=O)(=O)OCC(O)COC(=O)CCCCCCCCCCC. The molecule has 0 heterocycles. The second kappa shape index (κ2) is 27.6. The van der Waals surface area contributed by atoms with Gasteiger partial charge in [-0.05, 0) is 12.8 Å². The maximum absolute atomic E-state index is 11.8. The molecule has 0 amide bonds. The number of carbonyl (C=O) groups is 2. The van der Waals surface area contributed by atoms with E-state index in [0.717, 1.165) is 38.5 Å². The van der Waals surface area contributed by atoms with Gasteiger partial charge < -0.3 is 19.7 Å². The number of ether oxygens (including phenoxy) is 2. The van der Waals surface area contributed by atoms with Crippen LogP contribution in [0.15, 0.2) is 0 Å². The maximum Gasteiger partial charge on any atom is 0.400 e. The molecule has 0 bridgehead atoms. The molecule has 2 N–H and O–H groups in total. The quantitative estimate of drug-likeness (QED) is 0.0743. The normalized spacial score (nSPS) is 13.2. The van der Waals surface area contributed by atoms with Crippen molar-refractivity contribution in [1.82, 2.24) is 0 Å². The Labute approximate surface area is 249 Å². The van der Waals surface area contributed by atoms with Gasteiger partial charge in [0, 0.05) is 12.8 Å². The first-order valence-electron chi connectivity index (χ1n) is 15.9. The summed E-state index contributed by atoms with van der Waals surface area (Å²) in [7, 11) is -4.51. The summed E-state index contributed by atoms with van der Waals surface area (Å²) < 4.78 is 42.7. The fourth-order valence-corrected chi connectivity index (χ4v) is 4.85. The molecule has 0 aliphatic carbocycles. The zero-order valence-corrected chi connectivity index (χ0v) is 26.5. The first-order chi connectivity index (χ1) is 19.7. The highest BCUT2D eigenvalue weighted by atomic mass is 32.3. The van der Waals surface area contributed by atoms with E-state index in [0.29, 0.717) is 12.8 Å². The highest BCUT2D eigenvalue weighted by molar-refractivity contribution is 7.81. The highest BCUT2D eigenvalue weighted by Crippen LogP contribution is 2.12. The molecule has 0 radical (unpaired) electrons. The zero-order valence-electron chi connectivity index (χ0n) is 25.7. The summed E-state index contributed by atoms with van der Waals surface area (Å²) in [6, 6.07) is 0. The average Bonchev–Trinajstić information content (AvgIpc) is 2.95. The van der Waals surface area contributed by atoms with Gasteiger partial charge in [0.1, 0.15) is 25.4 Å². The van der Waals surface area contributed by atoms with Crippen LogP contribution in [-0.2, 0) is 37.8 Å². The molecule has 2 unspecified atom stereocenters. The molecule has 0 aliphatic rings. The molecule has 0 aliphatic heterocycles. The first-order valence-corrected chi connectivity index (χ1v) is 17.2. The van der Waals surface area contributed by atoms with Crippen LogP contribution in [0.5, 0.6) is 0 Å². The van der Waals surface area contributed by atoms with Crippen LogP contribution in [0.4, 0.5) is 0 Å². The number of aliphatic hydroxyl groups excluding tert-OH is 2. The van der Waals surface area contributed by atoms with Crippen LogP contribution in [0, 0.1) is 0 Å². The van der Waals surface area contributed by atoms with Gasteiger partial charge in [-0.15, -0.1) is 0 Å². The number of hydrogen-bond donors (Lipinski definition) is 2. The van der Waals surface area contributed by atoms with E-state index >= 15 is 0 Å². The number of unbranched alkanes of at least 4 members (excludes halogenated alkanes) is 16. The van der Waals surface area contributed by atoms with Crippen molar-refractivity contribution < 1.29 is 46.1 Å². The van der Waals surface area contributed by atoms with E-state index in [1.165, 1.54) is 64.2 Å². The summed E-state index contributed by atoms with van der Waals surface area (Å²) in [5.41, 5.74) is 0. The molecule has 0 aromatic heterocycles. The smallest absolute Gasteiger partial charge is 0.400 e. The van der Waals surface area contributed by atoms with Gasteiger partial charge in [0.15, 0.2) is 0 Å². The van der Waals surface area contributed by atoms with Crippen LogP contribution in [-0.4, -0.2) is 69.2 Å². The van der Waals surface area contributed by atoms with E-state index in [1.807, 2.05) is 0 Å². The van der Waals surface area contributed by atoms with Gasteiger partial charge in [0.25, 0.3) is 0 Å². The summed E-state index contributed by atoms with van der Waals surface area (Å²) in [6.45, 7) is 2.25. The van der Waals surface area contributed by atoms with Gasteiger partial charge in [-0.25, -0.2) is 8.37 Å². The standard InChI is InChI=1S/C30H58O10S/c1-3-5-7-9-11-13-15-17-19-21-29(33)37-23-27(31)25-39-41(35,36)40-26-28(32)24-38-30(34)22-20-18-16-14-12-10-8-6-4-2/h27-28,31-32H,3-26H2,1-2H3. The van der Waals surface area contributed by atoms with E-state index in [9.17, 15) is 28.2 Å². The molecule has 0 spiro atoms. The third-order valence-electron chi connectivity index (χ3n) is 6.65. The number of rotatable bonds is 30. The Morgan fingerprint density at radius 1 is 0.512 bits per heavy atom. The van der Waals surface area contributed by atoms with Gasteiger partial charge in [0.05, 0.1) is 13.2 Å². The van der Waals surface area contributed by atoms with E-state index in [-0.39, 0.29) is 12.8 Å². The average molecular weight is 611 g/mol.